The maximum absolute atomic E-state index is 14.0. The van der Waals surface area contributed by atoms with Gasteiger partial charge in [0, 0.05) is 50.0 Å². The molecular formula is C26H21N5O2. The summed E-state index contributed by atoms with van der Waals surface area (Å²) in [5.74, 6) is -0.0347. The molecule has 0 saturated carbocycles. The Balaban J connectivity index is 1.89. The number of benzene rings is 1. The fourth-order valence-corrected chi connectivity index (χ4v) is 4.17. The Kier molecular flexibility index (Phi) is 5.83. The zero-order chi connectivity index (χ0) is 23.4. The molecule has 0 atom stereocenters. The molecule has 162 valence electrons. The molecule has 0 spiro atoms. The van der Waals surface area contributed by atoms with Gasteiger partial charge in [-0.1, -0.05) is 6.08 Å². The normalized spacial score (nSPS) is 16.0. The fraction of sp³-hybridized carbons (Fsp3) is 0.115. The second-order valence-corrected chi connectivity index (χ2v) is 7.50. The lowest BCUT2D eigenvalue weighted by Crippen LogP contribution is -2.45. The number of ketones is 1. The Labute approximate surface area is 191 Å². The van der Waals surface area contributed by atoms with Crippen LogP contribution in [0.3, 0.4) is 0 Å². The first-order chi connectivity index (χ1) is 16.0. The van der Waals surface area contributed by atoms with Crippen LogP contribution in [0.15, 0.2) is 97.9 Å². The molecule has 0 radical (unpaired) electrons. The van der Waals surface area contributed by atoms with Crippen molar-refractivity contribution < 1.29 is 9.59 Å². The molecule has 1 amide bonds. The lowest BCUT2D eigenvalue weighted by molar-refractivity contribution is -0.131. The summed E-state index contributed by atoms with van der Waals surface area (Å²) >= 11 is 0. The van der Waals surface area contributed by atoms with Crippen LogP contribution < -0.4 is 0 Å². The standard InChI is InChI=1S/C26H21N5O2/c1-3-16-31-24(17-23(32)20-6-4-19(18-27)5-7-20)30(2)26(25(31)33,21-8-12-28-13-9-21)22-10-14-29-15-11-22/h3-15,17H,1,16H2,2H3. The number of nitrogens with zero attached hydrogens (tertiary/aromatic N) is 5. The quantitative estimate of drug-likeness (QED) is 0.335. The monoisotopic (exact) mass is 435 g/mol. The van der Waals surface area contributed by atoms with Gasteiger partial charge in [-0.05, 0) is 59.7 Å². The van der Waals surface area contributed by atoms with Crippen LogP contribution >= 0.6 is 0 Å². The Morgan fingerprint density at radius 3 is 2.06 bits per heavy atom. The third-order valence-corrected chi connectivity index (χ3v) is 5.74. The zero-order valence-corrected chi connectivity index (χ0v) is 18.0. The second kappa shape index (κ2) is 8.89. The van der Waals surface area contributed by atoms with Gasteiger partial charge in [0.05, 0.1) is 11.6 Å². The van der Waals surface area contributed by atoms with Crippen molar-refractivity contribution in [3.8, 4) is 6.07 Å². The molecule has 3 heterocycles. The van der Waals surface area contributed by atoms with E-state index in [0.717, 1.165) is 11.1 Å². The molecule has 0 bridgehead atoms. The molecule has 33 heavy (non-hydrogen) atoms. The summed E-state index contributed by atoms with van der Waals surface area (Å²) in [6.07, 6.45) is 9.64. The summed E-state index contributed by atoms with van der Waals surface area (Å²) in [7, 11) is 1.79. The van der Waals surface area contributed by atoms with Crippen molar-refractivity contribution in [1.29, 1.82) is 5.26 Å². The minimum absolute atomic E-state index is 0.207. The molecule has 1 saturated heterocycles. The van der Waals surface area contributed by atoms with E-state index in [0.29, 0.717) is 16.9 Å². The Bertz CT molecular complexity index is 1220. The molecule has 4 rings (SSSR count). The van der Waals surface area contributed by atoms with Gasteiger partial charge in [-0.2, -0.15) is 5.26 Å². The van der Waals surface area contributed by atoms with E-state index < -0.39 is 5.54 Å². The lowest BCUT2D eigenvalue weighted by atomic mass is 9.82. The largest absolute Gasteiger partial charge is 0.339 e. The van der Waals surface area contributed by atoms with Gasteiger partial charge < -0.3 is 4.90 Å². The number of pyridine rings is 2. The maximum Gasteiger partial charge on any atom is 0.263 e. The Hall–Kier alpha value is -4.57. The Morgan fingerprint density at radius 1 is 1.03 bits per heavy atom. The van der Waals surface area contributed by atoms with Crippen LogP contribution in [-0.4, -0.2) is 45.1 Å². The van der Waals surface area contributed by atoms with Crippen LogP contribution in [0.25, 0.3) is 0 Å². The molecule has 1 fully saturated rings. The third-order valence-electron chi connectivity index (χ3n) is 5.74. The topological polar surface area (TPSA) is 90.2 Å². The molecule has 0 unspecified atom stereocenters. The smallest absolute Gasteiger partial charge is 0.263 e. The number of carbonyl (C=O) groups is 2. The van der Waals surface area contributed by atoms with Gasteiger partial charge in [0.15, 0.2) is 11.3 Å². The van der Waals surface area contributed by atoms with E-state index in [1.165, 1.54) is 6.08 Å². The van der Waals surface area contributed by atoms with Gasteiger partial charge in [0.2, 0.25) is 0 Å². The van der Waals surface area contributed by atoms with Crippen molar-refractivity contribution in [2.24, 2.45) is 0 Å². The molecular weight excluding hydrogens is 414 g/mol. The highest BCUT2D eigenvalue weighted by Crippen LogP contribution is 2.45. The summed E-state index contributed by atoms with van der Waals surface area (Å²) < 4.78 is 0. The summed E-state index contributed by atoms with van der Waals surface area (Å²) in [6, 6.07) is 15.6. The van der Waals surface area contributed by atoms with Crippen LogP contribution in [-0.2, 0) is 10.3 Å². The SMILES string of the molecule is C=CCN1C(=O)C(c2ccncc2)(c2ccncc2)N(C)C1=CC(=O)c1ccc(C#N)cc1. The van der Waals surface area contributed by atoms with E-state index in [1.54, 1.807) is 91.3 Å². The molecule has 0 N–H and O–H groups in total. The van der Waals surface area contributed by atoms with Gasteiger partial charge in [-0.25, -0.2) is 0 Å². The number of hydrogen-bond acceptors (Lipinski definition) is 6. The van der Waals surface area contributed by atoms with Crippen LogP contribution in [0.1, 0.15) is 27.0 Å². The van der Waals surface area contributed by atoms with Crippen LogP contribution in [0.2, 0.25) is 0 Å². The molecule has 1 aromatic carbocycles. The lowest BCUT2D eigenvalue weighted by Gasteiger charge is -2.35. The van der Waals surface area contributed by atoms with Crippen molar-refractivity contribution in [3.63, 3.8) is 0 Å². The average Bonchev–Trinajstić information content (AvgIpc) is 3.07. The predicted octanol–water partition coefficient (Wildman–Crippen LogP) is 3.28. The molecule has 3 aromatic rings. The zero-order valence-electron chi connectivity index (χ0n) is 18.0. The fourth-order valence-electron chi connectivity index (χ4n) is 4.17. The van der Waals surface area contributed by atoms with Crippen molar-refractivity contribution in [3.05, 3.63) is 120 Å². The van der Waals surface area contributed by atoms with Crippen LogP contribution in [0.4, 0.5) is 0 Å². The number of rotatable bonds is 6. The number of hydrogen-bond donors (Lipinski definition) is 0. The summed E-state index contributed by atoms with van der Waals surface area (Å²) in [6.45, 7) is 4.02. The van der Waals surface area contributed by atoms with Crippen molar-refractivity contribution in [2.45, 2.75) is 5.54 Å². The molecule has 7 nitrogen and oxygen atoms in total. The van der Waals surface area contributed by atoms with Gasteiger partial charge in [-0.15, -0.1) is 6.58 Å². The maximum atomic E-state index is 14.0. The number of likely N-dealkylation sites (N-methyl/N-ethyl adjacent to an activating group) is 1. The van der Waals surface area contributed by atoms with Gasteiger partial charge in [0.25, 0.3) is 5.91 Å². The number of aromatic nitrogens is 2. The first kappa shape index (κ1) is 21.7. The van der Waals surface area contributed by atoms with Crippen LogP contribution in [0, 0.1) is 11.3 Å². The van der Waals surface area contributed by atoms with E-state index in [1.807, 2.05) is 11.0 Å². The van der Waals surface area contributed by atoms with E-state index in [-0.39, 0.29) is 18.2 Å². The average molecular weight is 435 g/mol. The highest BCUT2D eigenvalue weighted by molar-refractivity contribution is 6.06. The summed E-state index contributed by atoms with van der Waals surface area (Å²) in [5, 5.41) is 9.01. The first-order valence-corrected chi connectivity index (χ1v) is 10.3. The minimum Gasteiger partial charge on any atom is -0.339 e. The molecule has 1 aliphatic rings. The van der Waals surface area contributed by atoms with Gasteiger partial charge in [-0.3, -0.25) is 24.5 Å². The highest BCUT2D eigenvalue weighted by Gasteiger charge is 2.55. The number of amides is 1. The van der Waals surface area contributed by atoms with E-state index >= 15 is 0 Å². The van der Waals surface area contributed by atoms with E-state index in [4.69, 9.17) is 5.26 Å². The van der Waals surface area contributed by atoms with Crippen molar-refractivity contribution in [2.75, 3.05) is 13.6 Å². The van der Waals surface area contributed by atoms with E-state index in [2.05, 4.69) is 16.5 Å². The highest BCUT2D eigenvalue weighted by atomic mass is 16.2. The third kappa shape index (κ3) is 3.58. The second-order valence-electron chi connectivity index (χ2n) is 7.50. The summed E-state index contributed by atoms with van der Waals surface area (Å²) in [5.41, 5.74) is 1.13. The van der Waals surface area contributed by atoms with Gasteiger partial charge in [0.1, 0.15) is 5.82 Å². The minimum atomic E-state index is -1.20. The molecule has 0 aliphatic carbocycles. The number of nitriles is 1. The Morgan fingerprint density at radius 2 is 1.58 bits per heavy atom. The van der Waals surface area contributed by atoms with Crippen molar-refractivity contribution >= 4 is 11.7 Å². The van der Waals surface area contributed by atoms with Crippen LogP contribution in [0.5, 0.6) is 0 Å². The first-order valence-electron chi connectivity index (χ1n) is 10.3. The molecule has 2 aromatic heterocycles. The molecule has 7 heteroatoms. The number of allylic oxidation sites excluding steroid dienone is 1. The van der Waals surface area contributed by atoms with E-state index in [9.17, 15) is 9.59 Å². The number of carbonyl (C=O) groups excluding carboxylic acids is 2. The summed E-state index contributed by atoms with van der Waals surface area (Å²) in [4.78, 5) is 38.7. The van der Waals surface area contributed by atoms with Gasteiger partial charge >= 0.3 is 0 Å². The molecule has 1 aliphatic heterocycles. The van der Waals surface area contributed by atoms with Crippen molar-refractivity contribution in [1.82, 2.24) is 19.8 Å². The predicted molar refractivity (Wildman–Crippen MR) is 122 cm³/mol.